The van der Waals surface area contributed by atoms with E-state index in [1.165, 1.54) is 13.2 Å². The molecule has 3 heterocycles. The summed E-state index contributed by atoms with van der Waals surface area (Å²) >= 11 is 6.36. The number of nitrogens with one attached hydrogen (secondary N) is 1. The van der Waals surface area contributed by atoms with Gasteiger partial charge in [-0.3, -0.25) is 9.59 Å². The number of hydrogen-bond acceptors (Lipinski definition) is 6. The van der Waals surface area contributed by atoms with Crippen molar-refractivity contribution in [2.45, 2.75) is 38.7 Å². The van der Waals surface area contributed by atoms with E-state index in [9.17, 15) is 18.4 Å². The van der Waals surface area contributed by atoms with Gasteiger partial charge in [-0.15, -0.1) is 0 Å². The minimum absolute atomic E-state index is 0.0874. The molecule has 0 spiro atoms. The van der Waals surface area contributed by atoms with E-state index in [4.69, 9.17) is 16.3 Å². The second-order valence-electron chi connectivity index (χ2n) is 8.40. The summed E-state index contributed by atoms with van der Waals surface area (Å²) in [5.74, 6) is -2.53. The summed E-state index contributed by atoms with van der Waals surface area (Å²) in [5, 5.41) is 3.60. The van der Waals surface area contributed by atoms with E-state index in [0.29, 0.717) is 29.6 Å². The molecule has 4 rings (SSSR count). The molecular weight excluding hydrogens is 480 g/mol. The van der Waals surface area contributed by atoms with Gasteiger partial charge in [0.15, 0.2) is 12.4 Å². The monoisotopic (exact) mass is 505 g/mol. The fourth-order valence-corrected chi connectivity index (χ4v) is 4.21. The van der Waals surface area contributed by atoms with Crippen LogP contribution >= 0.6 is 11.6 Å². The highest BCUT2D eigenvalue weighted by Crippen LogP contribution is 2.30. The van der Waals surface area contributed by atoms with Gasteiger partial charge in [0.1, 0.15) is 0 Å². The highest BCUT2D eigenvalue weighted by molar-refractivity contribution is 6.31. The van der Waals surface area contributed by atoms with Crippen molar-refractivity contribution < 1.29 is 18.3 Å². The Bertz CT molecular complexity index is 1300. The second-order valence-corrected chi connectivity index (χ2v) is 8.80. The maximum atomic E-state index is 13.5. The number of rotatable bonds is 7. The standard InChI is InChI=1S/C24H26ClF2N5O3/c1-3-32-19-5-4-15(10-16(19)12-20(22(32)34)35-14-21(33)28-2)11-18-17(25)13-29-23(30-18)31-8-6-24(26,27)7-9-31/h4-5,10,12-13H,3,6-9,11,14H2,1-2H3,(H,28,33). The van der Waals surface area contributed by atoms with Crippen LogP contribution in [0.25, 0.3) is 10.9 Å². The van der Waals surface area contributed by atoms with Crippen LogP contribution in [0.4, 0.5) is 14.7 Å². The number of alkyl halides is 2. The van der Waals surface area contributed by atoms with E-state index in [1.807, 2.05) is 25.1 Å². The molecule has 0 unspecified atom stereocenters. The molecule has 1 aliphatic heterocycles. The van der Waals surface area contributed by atoms with E-state index < -0.39 is 5.92 Å². The Morgan fingerprint density at radius 1 is 1.26 bits per heavy atom. The van der Waals surface area contributed by atoms with Crippen LogP contribution < -0.4 is 20.5 Å². The summed E-state index contributed by atoms with van der Waals surface area (Å²) in [4.78, 5) is 34.9. The molecule has 0 aliphatic carbocycles. The molecule has 3 aromatic rings. The lowest BCUT2D eigenvalue weighted by molar-refractivity contribution is -0.122. The Balaban J connectivity index is 1.62. The predicted molar refractivity (Wildman–Crippen MR) is 130 cm³/mol. The molecule has 2 aromatic heterocycles. The number of fused-ring (bicyclic) bond motifs is 1. The van der Waals surface area contributed by atoms with Crippen molar-refractivity contribution in [1.29, 1.82) is 0 Å². The molecule has 186 valence electrons. The average Bonchev–Trinajstić information content (AvgIpc) is 2.84. The van der Waals surface area contributed by atoms with Gasteiger partial charge in [-0.1, -0.05) is 17.7 Å². The zero-order valence-corrected chi connectivity index (χ0v) is 20.2. The van der Waals surface area contributed by atoms with Gasteiger partial charge in [0.2, 0.25) is 5.95 Å². The molecule has 0 radical (unpaired) electrons. The second kappa shape index (κ2) is 10.2. The van der Waals surface area contributed by atoms with Gasteiger partial charge in [0.25, 0.3) is 17.4 Å². The van der Waals surface area contributed by atoms with Crippen LogP contribution in [0.1, 0.15) is 31.0 Å². The fraction of sp³-hybridized carbons (Fsp3) is 0.417. The third kappa shape index (κ3) is 5.53. The maximum Gasteiger partial charge on any atom is 0.293 e. The molecule has 0 atom stereocenters. The average molecular weight is 506 g/mol. The molecule has 1 N–H and O–H groups in total. The van der Waals surface area contributed by atoms with E-state index in [1.54, 1.807) is 15.5 Å². The molecule has 0 bridgehead atoms. The molecule has 1 fully saturated rings. The number of likely N-dealkylation sites (N-methyl/N-ethyl adjacent to an activating group) is 1. The van der Waals surface area contributed by atoms with Gasteiger partial charge < -0.3 is 19.5 Å². The molecule has 1 amide bonds. The maximum absolute atomic E-state index is 13.5. The molecule has 1 aliphatic rings. The van der Waals surface area contributed by atoms with Crippen molar-refractivity contribution in [3.8, 4) is 5.75 Å². The Kier molecular flexibility index (Phi) is 7.20. The van der Waals surface area contributed by atoms with Crippen molar-refractivity contribution in [1.82, 2.24) is 19.9 Å². The number of ether oxygens (including phenoxy) is 1. The summed E-state index contributed by atoms with van der Waals surface area (Å²) in [6.45, 7) is 2.38. The SMILES string of the molecule is CCn1c(=O)c(OCC(=O)NC)cc2cc(Cc3nc(N4CCC(F)(F)CC4)ncc3Cl)ccc21. The van der Waals surface area contributed by atoms with Crippen molar-refractivity contribution in [3.05, 3.63) is 57.1 Å². The molecule has 1 saturated heterocycles. The van der Waals surface area contributed by atoms with E-state index in [0.717, 1.165) is 16.5 Å². The molecule has 11 heteroatoms. The van der Waals surface area contributed by atoms with Gasteiger partial charge in [-0.2, -0.15) is 0 Å². The number of aryl methyl sites for hydroxylation is 1. The number of hydrogen-bond donors (Lipinski definition) is 1. The number of pyridine rings is 1. The third-order valence-corrected chi connectivity index (χ3v) is 6.35. The lowest BCUT2D eigenvalue weighted by atomic mass is 10.1. The third-order valence-electron chi connectivity index (χ3n) is 6.03. The minimum atomic E-state index is -2.65. The number of piperidine rings is 1. The Labute approximate surface area is 205 Å². The first-order valence-corrected chi connectivity index (χ1v) is 11.7. The number of benzene rings is 1. The number of halogens is 3. The largest absolute Gasteiger partial charge is 0.478 e. The van der Waals surface area contributed by atoms with Crippen molar-refractivity contribution in [2.24, 2.45) is 0 Å². The zero-order chi connectivity index (χ0) is 25.2. The Morgan fingerprint density at radius 3 is 2.69 bits per heavy atom. The summed E-state index contributed by atoms with van der Waals surface area (Å²) in [6.07, 6.45) is 1.41. The minimum Gasteiger partial charge on any atom is -0.478 e. The number of carbonyl (C=O) groups is 1. The molecular formula is C24H26ClF2N5O3. The van der Waals surface area contributed by atoms with Crippen molar-refractivity contribution >= 4 is 34.4 Å². The normalized spacial score (nSPS) is 15.3. The van der Waals surface area contributed by atoms with Crippen LogP contribution in [0.5, 0.6) is 5.75 Å². The fourth-order valence-electron chi connectivity index (χ4n) is 4.05. The van der Waals surface area contributed by atoms with Crippen LogP contribution in [-0.2, 0) is 17.8 Å². The van der Waals surface area contributed by atoms with Crippen LogP contribution in [0.15, 0.2) is 35.3 Å². The summed E-state index contributed by atoms with van der Waals surface area (Å²) in [5.41, 5.74) is 1.88. The first-order valence-electron chi connectivity index (χ1n) is 11.3. The number of aromatic nitrogens is 3. The van der Waals surface area contributed by atoms with Gasteiger partial charge in [-0.25, -0.2) is 18.7 Å². The smallest absolute Gasteiger partial charge is 0.293 e. The van der Waals surface area contributed by atoms with Crippen LogP contribution in [0.2, 0.25) is 5.02 Å². The van der Waals surface area contributed by atoms with E-state index in [-0.39, 0.29) is 49.8 Å². The zero-order valence-electron chi connectivity index (χ0n) is 19.5. The van der Waals surface area contributed by atoms with Crippen molar-refractivity contribution in [3.63, 3.8) is 0 Å². The summed E-state index contributed by atoms with van der Waals surface area (Å²) < 4.78 is 34.1. The lowest BCUT2D eigenvalue weighted by Crippen LogP contribution is -2.40. The molecule has 0 saturated carbocycles. The van der Waals surface area contributed by atoms with Gasteiger partial charge in [0, 0.05) is 51.3 Å². The predicted octanol–water partition coefficient (Wildman–Crippen LogP) is 3.42. The number of anilines is 1. The van der Waals surface area contributed by atoms with Gasteiger partial charge in [-0.05, 0) is 30.7 Å². The van der Waals surface area contributed by atoms with Crippen molar-refractivity contribution in [2.75, 3.05) is 31.6 Å². The number of amides is 1. The highest BCUT2D eigenvalue weighted by atomic mass is 35.5. The first-order chi connectivity index (χ1) is 16.7. The molecule has 8 nitrogen and oxygen atoms in total. The van der Waals surface area contributed by atoms with E-state index in [2.05, 4.69) is 15.3 Å². The Morgan fingerprint density at radius 2 is 2.00 bits per heavy atom. The highest BCUT2D eigenvalue weighted by Gasteiger charge is 2.34. The Hall–Kier alpha value is -3.27. The quantitative estimate of drug-likeness (QED) is 0.529. The lowest BCUT2D eigenvalue weighted by Gasteiger charge is -2.31. The van der Waals surface area contributed by atoms with Gasteiger partial charge in [0.05, 0.1) is 22.4 Å². The van der Waals surface area contributed by atoms with Gasteiger partial charge >= 0.3 is 0 Å². The molecule has 1 aromatic carbocycles. The van der Waals surface area contributed by atoms with E-state index >= 15 is 0 Å². The summed E-state index contributed by atoms with van der Waals surface area (Å²) in [7, 11) is 1.49. The van der Waals surface area contributed by atoms with Crippen LogP contribution in [0.3, 0.4) is 0 Å². The summed E-state index contributed by atoms with van der Waals surface area (Å²) in [6, 6.07) is 7.27. The number of nitrogens with zero attached hydrogens (tertiary/aromatic N) is 4. The molecule has 35 heavy (non-hydrogen) atoms. The first kappa shape index (κ1) is 24.8. The van der Waals surface area contributed by atoms with Crippen LogP contribution in [0, 0.1) is 0 Å². The topological polar surface area (TPSA) is 89.3 Å². The van der Waals surface area contributed by atoms with Crippen LogP contribution in [-0.4, -0.2) is 53.1 Å². The number of carbonyl (C=O) groups excluding carboxylic acids is 1.